The van der Waals surface area contributed by atoms with Crippen molar-refractivity contribution in [3.05, 3.63) is 215 Å². The van der Waals surface area contributed by atoms with Crippen molar-refractivity contribution in [3.63, 3.8) is 0 Å². The molecule has 0 aliphatic rings. The van der Waals surface area contributed by atoms with Crippen molar-refractivity contribution >= 4 is 11.9 Å². The highest BCUT2D eigenvalue weighted by Gasteiger charge is 2.42. The van der Waals surface area contributed by atoms with E-state index in [1.165, 1.54) is 0 Å². The summed E-state index contributed by atoms with van der Waals surface area (Å²) >= 11 is 0. The third kappa shape index (κ3) is 14.1. The van der Waals surface area contributed by atoms with Crippen LogP contribution in [0.15, 0.2) is 182 Å². The Morgan fingerprint density at radius 3 is 1.29 bits per heavy atom. The molecule has 1 amide bonds. The van der Waals surface area contributed by atoms with E-state index >= 15 is 0 Å². The molecule has 2 N–H and O–H groups in total. The third-order valence-electron chi connectivity index (χ3n) is 9.70. The average Bonchev–Trinajstić information content (AvgIpc) is 3.29. The van der Waals surface area contributed by atoms with Crippen molar-refractivity contribution < 1.29 is 38.4 Å². The Balaban J connectivity index is 1.38. The number of aliphatic hydroxyl groups is 1. The van der Waals surface area contributed by atoms with Gasteiger partial charge in [0.15, 0.2) is 5.78 Å². The minimum absolute atomic E-state index is 0.00970. The standard InChI is InChI=1S/C50H51NO8/c52-45(43-29-17-6-18-30-43)31-44(51-50(54)59-36-42-27-15-5-16-28-42)47(56-33-39-21-9-2-10-22-39)49(58-35-41-25-13-4-14-26-41)48(57-34-40-23-11-3-12-24-40)46(53)37-55-32-38-19-7-1-8-20-38/h1-30,44,46-49,53H,31-37H2,(H,51,54)/t44?,46-,47+,48-,49-/m1/s1. The van der Waals surface area contributed by atoms with Crippen molar-refractivity contribution in [1.29, 1.82) is 0 Å². The van der Waals surface area contributed by atoms with Crippen LogP contribution in [0, 0.1) is 0 Å². The van der Waals surface area contributed by atoms with E-state index in [4.69, 9.17) is 23.7 Å². The van der Waals surface area contributed by atoms with Crippen LogP contribution in [-0.4, -0.2) is 54.0 Å². The van der Waals surface area contributed by atoms with E-state index in [9.17, 15) is 14.7 Å². The van der Waals surface area contributed by atoms with Crippen LogP contribution in [0.2, 0.25) is 0 Å². The number of nitrogens with one attached hydrogen (secondary N) is 1. The van der Waals surface area contributed by atoms with Crippen molar-refractivity contribution in [2.24, 2.45) is 0 Å². The smallest absolute Gasteiger partial charge is 0.407 e. The van der Waals surface area contributed by atoms with E-state index in [0.717, 1.165) is 27.8 Å². The molecule has 0 spiro atoms. The first-order chi connectivity index (χ1) is 29.0. The van der Waals surface area contributed by atoms with Crippen LogP contribution in [-0.2, 0) is 56.7 Å². The summed E-state index contributed by atoms with van der Waals surface area (Å²) in [6, 6.07) is 55.7. The van der Waals surface area contributed by atoms with Gasteiger partial charge in [0.2, 0.25) is 0 Å². The number of ketones is 1. The predicted molar refractivity (Wildman–Crippen MR) is 226 cm³/mol. The van der Waals surface area contributed by atoms with Gasteiger partial charge in [0.05, 0.1) is 39.1 Å². The maximum Gasteiger partial charge on any atom is 0.407 e. The van der Waals surface area contributed by atoms with Gasteiger partial charge in [0, 0.05) is 12.0 Å². The molecule has 6 aromatic rings. The first-order valence-electron chi connectivity index (χ1n) is 19.8. The first-order valence-corrected chi connectivity index (χ1v) is 19.8. The van der Waals surface area contributed by atoms with E-state index in [1.807, 2.05) is 158 Å². The molecule has 0 saturated carbocycles. The lowest BCUT2D eigenvalue weighted by atomic mass is 9.92. The summed E-state index contributed by atoms with van der Waals surface area (Å²) in [6.45, 7) is 0.492. The molecule has 59 heavy (non-hydrogen) atoms. The highest BCUT2D eigenvalue weighted by Crippen LogP contribution is 2.26. The Morgan fingerprint density at radius 2 is 0.831 bits per heavy atom. The number of alkyl carbamates (subject to hydrolysis) is 1. The lowest BCUT2D eigenvalue weighted by Gasteiger charge is -2.39. The largest absolute Gasteiger partial charge is 0.445 e. The molecule has 0 radical (unpaired) electrons. The van der Waals surface area contributed by atoms with Gasteiger partial charge in [-0.2, -0.15) is 0 Å². The van der Waals surface area contributed by atoms with Gasteiger partial charge in [-0.3, -0.25) is 4.79 Å². The van der Waals surface area contributed by atoms with Crippen molar-refractivity contribution in [2.75, 3.05) is 6.61 Å². The second-order valence-corrected chi connectivity index (χ2v) is 14.2. The number of carbonyl (C=O) groups excluding carboxylic acids is 2. The Kier molecular flexibility index (Phi) is 17.0. The van der Waals surface area contributed by atoms with Gasteiger partial charge in [-0.25, -0.2) is 4.79 Å². The van der Waals surface area contributed by atoms with Gasteiger partial charge >= 0.3 is 6.09 Å². The van der Waals surface area contributed by atoms with Gasteiger partial charge in [0.1, 0.15) is 31.0 Å². The number of Topliss-reactive ketones (excluding diaryl/α,β-unsaturated/α-hetero) is 1. The average molecular weight is 794 g/mol. The monoisotopic (exact) mass is 793 g/mol. The van der Waals surface area contributed by atoms with Crippen molar-refractivity contribution in [2.45, 2.75) is 69.9 Å². The Morgan fingerprint density at radius 1 is 0.458 bits per heavy atom. The number of amides is 1. The molecular formula is C50H51NO8. The fourth-order valence-electron chi connectivity index (χ4n) is 6.62. The summed E-state index contributed by atoms with van der Waals surface area (Å²) in [4.78, 5) is 27.9. The second kappa shape index (κ2) is 23.5. The van der Waals surface area contributed by atoms with Crippen molar-refractivity contribution in [1.82, 2.24) is 5.32 Å². The minimum atomic E-state index is -1.23. The predicted octanol–water partition coefficient (Wildman–Crippen LogP) is 8.89. The summed E-state index contributed by atoms with van der Waals surface area (Å²) < 4.78 is 32.1. The minimum Gasteiger partial charge on any atom is -0.445 e. The lowest BCUT2D eigenvalue weighted by molar-refractivity contribution is -0.192. The zero-order chi connectivity index (χ0) is 40.9. The van der Waals surface area contributed by atoms with E-state index < -0.39 is 36.6 Å². The van der Waals surface area contributed by atoms with Gasteiger partial charge < -0.3 is 34.1 Å². The van der Waals surface area contributed by atoms with E-state index in [2.05, 4.69) is 5.32 Å². The molecule has 0 saturated heterocycles. The molecule has 9 heteroatoms. The lowest BCUT2D eigenvalue weighted by Crippen LogP contribution is -2.58. The highest BCUT2D eigenvalue weighted by atomic mass is 16.6. The normalized spacial score (nSPS) is 13.7. The second-order valence-electron chi connectivity index (χ2n) is 14.2. The van der Waals surface area contributed by atoms with Crippen molar-refractivity contribution in [3.8, 4) is 0 Å². The summed E-state index contributed by atoms with van der Waals surface area (Å²) in [7, 11) is 0. The van der Waals surface area contributed by atoms with Gasteiger partial charge in [-0.05, 0) is 27.8 Å². The number of carbonyl (C=O) groups is 2. The molecule has 6 aromatic carbocycles. The Hall–Kier alpha value is -5.94. The summed E-state index contributed by atoms with van der Waals surface area (Å²) in [5.41, 5.74) is 4.80. The Bertz CT molecular complexity index is 2070. The zero-order valence-corrected chi connectivity index (χ0v) is 33.0. The number of benzene rings is 6. The topological polar surface area (TPSA) is 113 Å². The zero-order valence-electron chi connectivity index (χ0n) is 33.0. The third-order valence-corrected chi connectivity index (χ3v) is 9.70. The molecule has 9 nitrogen and oxygen atoms in total. The summed E-state index contributed by atoms with van der Waals surface area (Å²) in [5, 5.41) is 15.1. The molecule has 6 rings (SSSR count). The van der Waals surface area contributed by atoms with E-state index in [1.54, 1.807) is 24.3 Å². The molecule has 1 unspecified atom stereocenters. The van der Waals surface area contributed by atoms with E-state index in [-0.39, 0.29) is 51.8 Å². The van der Waals surface area contributed by atoms with Crippen LogP contribution in [0.1, 0.15) is 44.6 Å². The summed E-state index contributed by atoms with van der Waals surface area (Å²) in [6.07, 6.45) is -5.38. The number of hydrogen-bond donors (Lipinski definition) is 2. The van der Waals surface area contributed by atoms with Crippen LogP contribution >= 0.6 is 0 Å². The van der Waals surface area contributed by atoms with Crippen LogP contribution in [0.25, 0.3) is 0 Å². The molecule has 5 atom stereocenters. The number of hydrogen-bond acceptors (Lipinski definition) is 8. The molecule has 0 fully saturated rings. The number of aliphatic hydroxyl groups excluding tert-OH is 1. The molecule has 0 heterocycles. The fraction of sp³-hybridized carbons (Fsp3) is 0.240. The molecule has 0 bridgehead atoms. The van der Waals surface area contributed by atoms with Gasteiger partial charge in [-0.15, -0.1) is 0 Å². The molecule has 304 valence electrons. The summed E-state index contributed by atoms with van der Waals surface area (Å²) in [5.74, 6) is -0.234. The van der Waals surface area contributed by atoms with Crippen LogP contribution in [0.5, 0.6) is 0 Å². The number of rotatable bonds is 23. The van der Waals surface area contributed by atoms with Crippen LogP contribution < -0.4 is 5.32 Å². The molecule has 0 aliphatic carbocycles. The van der Waals surface area contributed by atoms with Gasteiger partial charge in [-0.1, -0.05) is 182 Å². The highest BCUT2D eigenvalue weighted by molar-refractivity contribution is 5.96. The quantitative estimate of drug-likeness (QED) is 0.0619. The maximum atomic E-state index is 14.1. The van der Waals surface area contributed by atoms with Gasteiger partial charge in [0.25, 0.3) is 0 Å². The van der Waals surface area contributed by atoms with Crippen LogP contribution in [0.4, 0.5) is 4.79 Å². The SMILES string of the molecule is O=C(NC(CC(=O)c1ccccc1)[C@H](OCc1ccccc1)[C@@H](OCc1ccccc1)[C@H](OCc1ccccc1)[C@H](O)COCc1ccccc1)OCc1ccccc1. The number of ether oxygens (including phenoxy) is 5. The maximum absolute atomic E-state index is 14.1. The van der Waals surface area contributed by atoms with Crippen LogP contribution in [0.3, 0.4) is 0 Å². The molecule has 0 aliphatic heterocycles. The van der Waals surface area contributed by atoms with E-state index in [0.29, 0.717) is 5.56 Å². The Labute approximate surface area is 346 Å². The molecular weight excluding hydrogens is 743 g/mol. The fourth-order valence-corrected chi connectivity index (χ4v) is 6.62. The molecule has 0 aromatic heterocycles. The first kappa shape index (κ1) is 42.7.